The van der Waals surface area contributed by atoms with Crippen LogP contribution in [0.2, 0.25) is 0 Å². The van der Waals surface area contributed by atoms with Crippen LogP contribution in [0.15, 0.2) is 11.5 Å². The molecular weight excluding hydrogens is 172 g/mol. The Kier molecular flexibility index (Phi) is 6.96. The predicted molar refractivity (Wildman–Crippen MR) is 53.1 cm³/mol. The molecular formula is C9H16O2S. The zero-order valence-corrected chi connectivity index (χ0v) is 8.69. The van der Waals surface area contributed by atoms with Crippen LogP contribution >= 0.6 is 11.8 Å². The second-order valence-electron chi connectivity index (χ2n) is 2.67. The van der Waals surface area contributed by atoms with Gasteiger partial charge in [0.2, 0.25) is 0 Å². The van der Waals surface area contributed by atoms with E-state index >= 15 is 0 Å². The molecule has 0 spiro atoms. The van der Waals surface area contributed by atoms with Crippen molar-refractivity contribution in [3.05, 3.63) is 11.5 Å². The summed E-state index contributed by atoms with van der Waals surface area (Å²) in [5, 5.41) is 1.79. The van der Waals surface area contributed by atoms with Crippen molar-refractivity contribution in [1.82, 2.24) is 0 Å². The average Bonchev–Trinajstić information content (AvgIpc) is 2.11. The van der Waals surface area contributed by atoms with E-state index in [9.17, 15) is 4.79 Å². The Morgan fingerprint density at radius 3 is 2.83 bits per heavy atom. The van der Waals surface area contributed by atoms with Gasteiger partial charge in [0.15, 0.2) is 0 Å². The van der Waals surface area contributed by atoms with Crippen molar-refractivity contribution in [2.45, 2.75) is 20.3 Å². The van der Waals surface area contributed by atoms with Gasteiger partial charge in [-0.15, -0.1) is 11.8 Å². The van der Waals surface area contributed by atoms with Gasteiger partial charge in [-0.2, -0.15) is 0 Å². The van der Waals surface area contributed by atoms with E-state index in [0.717, 1.165) is 5.75 Å². The molecule has 0 saturated carbocycles. The Morgan fingerprint density at radius 1 is 1.67 bits per heavy atom. The van der Waals surface area contributed by atoms with Crippen LogP contribution in [0.3, 0.4) is 0 Å². The molecule has 0 N–H and O–H groups in total. The fraction of sp³-hybridized carbons (Fsp3) is 0.667. The average molecular weight is 188 g/mol. The molecule has 0 radical (unpaired) electrons. The molecule has 0 aliphatic carbocycles. The molecule has 3 heteroatoms. The van der Waals surface area contributed by atoms with Crippen LogP contribution in [0.4, 0.5) is 0 Å². The zero-order valence-electron chi connectivity index (χ0n) is 7.87. The molecule has 0 aliphatic heterocycles. The van der Waals surface area contributed by atoms with E-state index in [1.807, 2.05) is 0 Å². The number of carbonyl (C=O) groups excluding carboxylic acids is 1. The van der Waals surface area contributed by atoms with Gasteiger partial charge in [-0.1, -0.05) is 20.3 Å². The van der Waals surface area contributed by atoms with E-state index < -0.39 is 0 Å². The maximum Gasteiger partial charge on any atom is 0.330 e. The summed E-state index contributed by atoms with van der Waals surface area (Å²) in [6, 6.07) is 0. The summed E-state index contributed by atoms with van der Waals surface area (Å²) in [6.07, 6.45) is 2.63. The molecule has 0 aromatic rings. The summed E-state index contributed by atoms with van der Waals surface area (Å²) in [5.74, 6) is 1.48. The van der Waals surface area contributed by atoms with Gasteiger partial charge in [-0.05, 0) is 17.1 Å². The maximum absolute atomic E-state index is 10.6. The molecule has 12 heavy (non-hydrogen) atoms. The molecule has 0 aromatic carbocycles. The van der Waals surface area contributed by atoms with Crippen LogP contribution in [0.5, 0.6) is 0 Å². The van der Waals surface area contributed by atoms with E-state index in [-0.39, 0.29) is 5.97 Å². The Bertz CT molecular complexity index is 155. The third kappa shape index (κ3) is 6.28. The molecule has 0 fully saturated rings. The number of hydrogen-bond acceptors (Lipinski definition) is 3. The first kappa shape index (κ1) is 11.6. The number of hydrogen-bond donors (Lipinski definition) is 0. The quantitative estimate of drug-likeness (QED) is 0.489. The minimum atomic E-state index is -0.286. The molecule has 70 valence electrons. The van der Waals surface area contributed by atoms with Crippen molar-refractivity contribution in [3.63, 3.8) is 0 Å². The zero-order chi connectivity index (χ0) is 9.40. The highest BCUT2D eigenvalue weighted by Gasteiger charge is 1.96. The van der Waals surface area contributed by atoms with Crippen molar-refractivity contribution < 1.29 is 9.53 Å². The largest absolute Gasteiger partial charge is 0.466 e. The normalized spacial score (nSPS) is 13.2. The third-order valence-corrected chi connectivity index (χ3v) is 2.67. The van der Waals surface area contributed by atoms with E-state index in [4.69, 9.17) is 0 Å². The SMILES string of the molecule is CCC(C)CS/C=C/C(=O)OC. The van der Waals surface area contributed by atoms with Crippen molar-refractivity contribution in [3.8, 4) is 0 Å². The van der Waals surface area contributed by atoms with E-state index in [0.29, 0.717) is 5.92 Å². The van der Waals surface area contributed by atoms with Gasteiger partial charge in [0.25, 0.3) is 0 Å². The fourth-order valence-corrected chi connectivity index (χ4v) is 1.39. The number of carbonyl (C=O) groups is 1. The Balaban J connectivity index is 3.42. The van der Waals surface area contributed by atoms with Crippen molar-refractivity contribution >= 4 is 17.7 Å². The first-order valence-corrected chi connectivity index (χ1v) is 5.11. The summed E-state index contributed by atoms with van der Waals surface area (Å²) < 4.78 is 4.44. The van der Waals surface area contributed by atoms with Crippen LogP contribution in [0.25, 0.3) is 0 Å². The van der Waals surface area contributed by atoms with Gasteiger partial charge in [-0.25, -0.2) is 4.79 Å². The Hall–Kier alpha value is -0.440. The standard InChI is InChI=1S/C9H16O2S/c1-4-8(2)7-12-6-5-9(10)11-3/h5-6,8H,4,7H2,1-3H3/b6-5+. The van der Waals surface area contributed by atoms with Gasteiger partial charge in [-0.3, -0.25) is 0 Å². The molecule has 0 aromatic heterocycles. The smallest absolute Gasteiger partial charge is 0.330 e. The van der Waals surface area contributed by atoms with Crippen LogP contribution in [0, 0.1) is 5.92 Å². The number of rotatable bonds is 5. The maximum atomic E-state index is 10.6. The molecule has 0 rings (SSSR count). The highest BCUT2D eigenvalue weighted by Crippen LogP contribution is 2.11. The van der Waals surface area contributed by atoms with Gasteiger partial charge < -0.3 is 4.74 Å². The first-order valence-electron chi connectivity index (χ1n) is 4.06. The van der Waals surface area contributed by atoms with Gasteiger partial charge in [0.05, 0.1) is 7.11 Å². The van der Waals surface area contributed by atoms with Gasteiger partial charge >= 0.3 is 5.97 Å². The van der Waals surface area contributed by atoms with E-state index in [1.165, 1.54) is 19.6 Å². The van der Waals surface area contributed by atoms with Gasteiger partial charge in [0, 0.05) is 6.08 Å². The molecule has 2 nitrogen and oxygen atoms in total. The molecule has 0 amide bonds. The van der Waals surface area contributed by atoms with Gasteiger partial charge in [0.1, 0.15) is 0 Å². The summed E-state index contributed by atoms with van der Waals surface area (Å²) in [7, 11) is 1.38. The second-order valence-corrected chi connectivity index (χ2v) is 3.61. The lowest BCUT2D eigenvalue weighted by Gasteiger charge is -2.03. The van der Waals surface area contributed by atoms with Crippen molar-refractivity contribution in [2.24, 2.45) is 5.92 Å². The summed E-state index contributed by atoms with van der Waals surface area (Å²) in [6.45, 7) is 4.36. The highest BCUT2D eigenvalue weighted by molar-refractivity contribution is 8.02. The van der Waals surface area contributed by atoms with E-state index in [2.05, 4.69) is 18.6 Å². The van der Waals surface area contributed by atoms with Crippen LogP contribution in [0.1, 0.15) is 20.3 Å². The molecule has 0 bridgehead atoms. The molecule has 1 atom stereocenters. The first-order chi connectivity index (χ1) is 5.70. The second kappa shape index (κ2) is 7.22. The van der Waals surface area contributed by atoms with Crippen molar-refractivity contribution in [2.75, 3.05) is 12.9 Å². The number of esters is 1. The van der Waals surface area contributed by atoms with Crippen LogP contribution in [-0.4, -0.2) is 18.8 Å². The number of thioether (sulfide) groups is 1. The summed E-state index contributed by atoms with van der Waals surface area (Å²) in [4.78, 5) is 10.6. The van der Waals surface area contributed by atoms with E-state index in [1.54, 1.807) is 17.2 Å². The molecule has 0 saturated heterocycles. The molecule has 0 heterocycles. The lowest BCUT2D eigenvalue weighted by atomic mass is 10.2. The monoisotopic (exact) mass is 188 g/mol. The Labute approximate surface area is 78.4 Å². The highest BCUT2D eigenvalue weighted by atomic mass is 32.2. The summed E-state index contributed by atoms with van der Waals surface area (Å²) >= 11 is 1.65. The topological polar surface area (TPSA) is 26.3 Å². The molecule has 0 aliphatic rings. The fourth-order valence-electron chi connectivity index (χ4n) is 0.509. The minimum Gasteiger partial charge on any atom is -0.466 e. The van der Waals surface area contributed by atoms with Crippen molar-refractivity contribution in [1.29, 1.82) is 0 Å². The lowest BCUT2D eigenvalue weighted by molar-refractivity contribution is -0.134. The summed E-state index contributed by atoms with van der Waals surface area (Å²) in [5.41, 5.74) is 0. The molecule has 1 unspecified atom stereocenters. The number of ether oxygens (including phenoxy) is 1. The predicted octanol–water partition coefficient (Wildman–Crippen LogP) is 2.45. The van der Waals surface area contributed by atoms with Crippen LogP contribution < -0.4 is 0 Å². The van der Waals surface area contributed by atoms with Crippen LogP contribution in [-0.2, 0) is 9.53 Å². The lowest BCUT2D eigenvalue weighted by Crippen LogP contribution is -1.95. The Morgan fingerprint density at radius 2 is 2.33 bits per heavy atom. The number of methoxy groups -OCH3 is 1. The third-order valence-electron chi connectivity index (χ3n) is 1.58. The minimum absolute atomic E-state index is 0.286.